The van der Waals surface area contributed by atoms with Gasteiger partial charge >= 0.3 is 6.36 Å². The van der Waals surface area contributed by atoms with E-state index < -0.39 is 6.36 Å². The van der Waals surface area contributed by atoms with Crippen molar-refractivity contribution < 1.29 is 22.7 Å². The fourth-order valence-corrected chi connectivity index (χ4v) is 3.27. The van der Waals surface area contributed by atoms with Crippen LogP contribution in [-0.2, 0) is 17.8 Å². The molecule has 7 heteroatoms. The number of aromatic amines is 1. The second-order valence-electron chi connectivity index (χ2n) is 6.70. The third-order valence-electron chi connectivity index (χ3n) is 4.58. The number of rotatable bonds is 5. The molecule has 3 aromatic carbocycles. The van der Waals surface area contributed by atoms with Crippen LogP contribution in [0.25, 0.3) is 21.8 Å². The molecule has 0 bridgehead atoms. The van der Waals surface area contributed by atoms with Gasteiger partial charge in [-0.25, -0.2) is 0 Å². The maximum Gasteiger partial charge on any atom is 0.573 e. The summed E-state index contributed by atoms with van der Waals surface area (Å²) in [5, 5.41) is 5.02. The van der Waals surface area contributed by atoms with Crippen molar-refractivity contribution in [3.8, 4) is 5.75 Å². The van der Waals surface area contributed by atoms with Crippen molar-refractivity contribution in [2.75, 3.05) is 0 Å². The van der Waals surface area contributed by atoms with Gasteiger partial charge in [-0.2, -0.15) is 0 Å². The van der Waals surface area contributed by atoms with E-state index in [2.05, 4.69) is 15.0 Å². The van der Waals surface area contributed by atoms with Crippen LogP contribution in [0, 0.1) is 0 Å². The van der Waals surface area contributed by atoms with Crippen molar-refractivity contribution >= 4 is 27.7 Å². The number of fused-ring (bicyclic) bond motifs is 3. The Labute approximate surface area is 164 Å². The third-order valence-corrected chi connectivity index (χ3v) is 4.58. The highest BCUT2D eigenvalue weighted by Crippen LogP contribution is 2.26. The molecule has 0 aliphatic carbocycles. The van der Waals surface area contributed by atoms with Gasteiger partial charge in [0, 0.05) is 28.4 Å². The second-order valence-corrected chi connectivity index (χ2v) is 6.70. The number of amides is 1. The SMILES string of the molecule is O=C(Cc1ccc2c(c1)[nH]c1ccccc12)NCc1ccc(OC(F)(F)F)cc1. The van der Waals surface area contributed by atoms with Crippen LogP contribution in [0.1, 0.15) is 11.1 Å². The number of benzene rings is 3. The van der Waals surface area contributed by atoms with Crippen LogP contribution in [0.2, 0.25) is 0 Å². The van der Waals surface area contributed by atoms with Gasteiger partial charge in [-0.05, 0) is 35.4 Å². The largest absolute Gasteiger partial charge is 0.573 e. The summed E-state index contributed by atoms with van der Waals surface area (Å²) >= 11 is 0. The van der Waals surface area contributed by atoms with Crippen molar-refractivity contribution in [3.63, 3.8) is 0 Å². The molecule has 148 valence electrons. The Balaban J connectivity index is 1.37. The molecule has 0 atom stereocenters. The van der Waals surface area contributed by atoms with E-state index in [4.69, 9.17) is 0 Å². The zero-order valence-electron chi connectivity index (χ0n) is 15.2. The molecule has 4 aromatic rings. The molecule has 0 unspecified atom stereocenters. The smallest absolute Gasteiger partial charge is 0.406 e. The zero-order chi connectivity index (χ0) is 20.4. The number of aromatic nitrogens is 1. The van der Waals surface area contributed by atoms with E-state index in [-0.39, 0.29) is 24.6 Å². The number of carbonyl (C=O) groups is 1. The van der Waals surface area contributed by atoms with Crippen molar-refractivity contribution in [1.82, 2.24) is 10.3 Å². The predicted molar refractivity (Wildman–Crippen MR) is 104 cm³/mol. The summed E-state index contributed by atoms with van der Waals surface area (Å²) < 4.78 is 40.4. The van der Waals surface area contributed by atoms with E-state index in [1.807, 2.05) is 42.5 Å². The van der Waals surface area contributed by atoms with E-state index in [0.29, 0.717) is 5.56 Å². The molecule has 1 aromatic heterocycles. The Bertz CT molecular complexity index is 1160. The van der Waals surface area contributed by atoms with Gasteiger partial charge in [-0.15, -0.1) is 13.2 Å². The number of hydrogen-bond acceptors (Lipinski definition) is 2. The third kappa shape index (κ3) is 4.51. The average molecular weight is 398 g/mol. The minimum absolute atomic E-state index is 0.170. The van der Waals surface area contributed by atoms with Crippen molar-refractivity contribution in [2.24, 2.45) is 0 Å². The minimum Gasteiger partial charge on any atom is -0.406 e. The number of carbonyl (C=O) groups excluding carboxylic acids is 1. The van der Waals surface area contributed by atoms with Gasteiger partial charge in [-0.3, -0.25) is 4.79 Å². The first-order chi connectivity index (χ1) is 13.9. The Morgan fingerprint density at radius 2 is 1.59 bits per heavy atom. The van der Waals surface area contributed by atoms with Crippen LogP contribution in [0.5, 0.6) is 5.75 Å². The first-order valence-corrected chi connectivity index (χ1v) is 8.98. The summed E-state index contributed by atoms with van der Waals surface area (Å²) in [5.74, 6) is -0.463. The number of para-hydroxylation sites is 1. The predicted octanol–water partition coefficient (Wildman–Crippen LogP) is 5.08. The molecule has 0 saturated carbocycles. The van der Waals surface area contributed by atoms with E-state index in [1.165, 1.54) is 24.3 Å². The molecule has 0 aliphatic rings. The van der Waals surface area contributed by atoms with E-state index in [0.717, 1.165) is 27.4 Å². The standard InChI is InChI=1S/C22H17F3N2O2/c23-22(24,25)29-16-8-5-14(6-9-16)13-26-21(28)12-15-7-10-18-17-3-1-2-4-19(17)27-20(18)11-15/h1-11,27H,12-13H2,(H,26,28). The number of nitrogens with one attached hydrogen (secondary N) is 2. The highest BCUT2D eigenvalue weighted by Gasteiger charge is 2.30. The second kappa shape index (κ2) is 7.50. The highest BCUT2D eigenvalue weighted by atomic mass is 19.4. The molecule has 0 saturated heterocycles. The van der Waals surface area contributed by atoms with Gasteiger partial charge in [0.1, 0.15) is 5.75 Å². The Morgan fingerprint density at radius 3 is 2.34 bits per heavy atom. The van der Waals surface area contributed by atoms with Crippen molar-refractivity contribution in [1.29, 1.82) is 0 Å². The Hall–Kier alpha value is -3.48. The summed E-state index contributed by atoms with van der Waals surface area (Å²) in [6, 6.07) is 19.3. The minimum atomic E-state index is -4.72. The molecule has 4 nitrogen and oxygen atoms in total. The average Bonchev–Trinajstić information content (AvgIpc) is 3.04. The van der Waals surface area contributed by atoms with Crippen LogP contribution in [0.3, 0.4) is 0 Å². The van der Waals surface area contributed by atoms with E-state index in [9.17, 15) is 18.0 Å². The maximum atomic E-state index is 12.3. The van der Waals surface area contributed by atoms with Gasteiger partial charge in [0.15, 0.2) is 0 Å². The normalized spacial score (nSPS) is 11.7. The molecule has 1 heterocycles. The molecular weight excluding hydrogens is 381 g/mol. The fourth-order valence-electron chi connectivity index (χ4n) is 3.27. The molecule has 0 aliphatic heterocycles. The summed E-state index contributed by atoms with van der Waals surface area (Å²) in [7, 11) is 0. The topological polar surface area (TPSA) is 54.1 Å². The lowest BCUT2D eigenvalue weighted by atomic mass is 10.1. The zero-order valence-corrected chi connectivity index (χ0v) is 15.2. The summed E-state index contributed by atoms with van der Waals surface area (Å²) in [4.78, 5) is 15.6. The highest BCUT2D eigenvalue weighted by molar-refractivity contribution is 6.07. The van der Waals surface area contributed by atoms with Crippen LogP contribution in [0.15, 0.2) is 66.7 Å². The van der Waals surface area contributed by atoms with Crippen LogP contribution in [0.4, 0.5) is 13.2 Å². The van der Waals surface area contributed by atoms with Gasteiger partial charge in [-0.1, -0.05) is 42.5 Å². The van der Waals surface area contributed by atoms with Crippen LogP contribution < -0.4 is 10.1 Å². The first-order valence-electron chi connectivity index (χ1n) is 8.98. The molecule has 0 fully saturated rings. The lowest BCUT2D eigenvalue weighted by Gasteiger charge is -2.10. The molecule has 2 N–H and O–H groups in total. The fraction of sp³-hybridized carbons (Fsp3) is 0.136. The number of halogens is 3. The van der Waals surface area contributed by atoms with Gasteiger partial charge < -0.3 is 15.0 Å². The molecular formula is C22H17F3N2O2. The first kappa shape index (κ1) is 18.9. The summed E-state index contributed by atoms with van der Waals surface area (Å²) in [5.41, 5.74) is 3.56. The monoisotopic (exact) mass is 398 g/mol. The maximum absolute atomic E-state index is 12.3. The number of alkyl halides is 3. The Morgan fingerprint density at radius 1 is 0.897 bits per heavy atom. The van der Waals surface area contributed by atoms with Crippen molar-refractivity contribution in [3.05, 3.63) is 77.9 Å². The number of hydrogen-bond donors (Lipinski definition) is 2. The molecule has 4 rings (SSSR count). The van der Waals surface area contributed by atoms with Gasteiger partial charge in [0.2, 0.25) is 5.91 Å². The molecule has 29 heavy (non-hydrogen) atoms. The van der Waals surface area contributed by atoms with Gasteiger partial charge in [0.25, 0.3) is 0 Å². The Kier molecular flexibility index (Phi) is 4.88. The number of ether oxygens (including phenoxy) is 1. The lowest BCUT2D eigenvalue weighted by molar-refractivity contribution is -0.274. The van der Waals surface area contributed by atoms with Crippen LogP contribution >= 0.6 is 0 Å². The number of H-pyrrole nitrogens is 1. The lowest BCUT2D eigenvalue weighted by Crippen LogP contribution is -2.24. The summed E-state index contributed by atoms with van der Waals surface area (Å²) in [6.07, 6.45) is -4.51. The van der Waals surface area contributed by atoms with E-state index in [1.54, 1.807) is 0 Å². The van der Waals surface area contributed by atoms with Crippen LogP contribution in [-0.4, -0.2) is 17.3 Å². The summed E-state index contributed by atoms with van der Waals surface area (Å²) in [6.45, 7) is 0.222. The van der Waals surface area contributed by atoms with Gasteiger partial charge in [0.05, 0.1) is 6.42 Å². The molecule has 0 spiro atoms. The van der Waals surface area contributed by atoms with Crippen molar-refractivity contribution in [2.45, 2.75) is 19.3 Å². The quantitative estimate of drug-likeness (QED) is 0.493. The molecule has 0 radical (unpaired) electrons. The van der Waals surface area contributed by atoms with E-state index >= 15 is 0 Å². The molecule has 1 amide bonds.